The van der Waals surface area contributed by atoms with Crippen molar-refractivity contribution >= 4 is 0 Å². The largest absolute Gasteiger partial charge is 0.308 e. The van der Waals surface area contributed by atoms with Crippen LogP contribution in [0.2, 0.25) is 0 Å². The van der Waals surface area contributed by atoms with Crippen molar-refractivity contribution in [2.75, 3.05) is 6.54 Å². The van der Waals surface area contributed by atoms with E-state index in [9.17, 15) is 0 Å². The molecule has 11 rings (SSSR count). The Kier molecular flexibility index (Phi) is 8.32. The van der Waals surface area contributed by atoms with Crippen molar-refractivity contribution < 1.29 is 0 Å². The summed E-state index contributed by atoms with van der Waals surface area (Å²) in [6, 6.07) is 0. The Hall–Kier alpha value is -0.0400. The van der Waals surface area contributed by atoms with E-state index >= 15 is 0 Å². The zero-order chi connectivity index (χ0) is 33.4. The average molecular weight is 682 g/mol. The van der Waals surface area contributed by atoms with Gasteiger partial charge in [-0.25, -0.2) is 0 Å². The van der Waals surface area contributed by atoms with Gasteiger partial charge in [-0.1, -0.05) is 65.7 Å². The minimum absolute atomic E-state index is 0.543. The van der Waals surface area contributed by atoms with Crippen LogP contribution in [-0.2, 0) is 0 Å². The summed E-state index contributed by atoms with van der Waals surface area (Å²) in [6.07, 6.45) is 38.2. The van der Waals surface area contributed by atoms with Crippen molar-refractivity contribution in [3.63, 3.8) is 0 Å². The van der Waals surface area contributed by atoms with Crippen molar-refractivity contribution in [1.82, 2.24) is 5.32 Å². The third-order valence-corrected chi connectivity index (χ3v) is 21.9. The SMILES string of the molecule is CC1C[C@H](C2CCC3C4CCC(C5CCC6CCCCC6C5)CC4C(C)(C)C3C2)C2(CN2)CC1C1CCC2C3CCCCC3C3CCCC1C32. The van der Waals surface area contributed by atoms with Gasteiger partial charge >= 0.3 is 0 Å². The molecule has 1 N–H and O–H groups in total. The normalized spacial score (nSPS) is 59.5. The van der Waals surface area contributed by atoms with Gasteiger partial charge in [0.25, 0.3) is 0 Å². The predicted molar refractivity (Wildman–Crippen MR) is 207 cm³/mol. The molecule has 0 aromatic heterocycles. The van der Waals surface area contributed by atoms with E-state index in [-0.39, 0.29) is 0 Å². The van der Waals surface area contributed by atoms with Gasteiger partial charge in [-0.05, 0) is 227 Å². The smallest absolute Gasteiger partial charge is 0.0341 e. The maximum atomic E-state index is 4.22. The van der Waals surface area contributed by atoms with E-state index in [1.165, 1.54) is 13.0 Å². The number of rotatable bonds is 3. The first kappa shape index (κ1) is 33.3. The number of hydrogen-bond donors (Lipinski definition) is 1. The Morgan fingerprint density at radius 3 is 1.60 bits per heavy atom. The van der Waals surface area contributed by atoms with Crippen molar-refractivity contribution in [2.24, 2.45) is 118 Å². The molecule has 1 heterocycles. The maximum absolute atomic E-state index is 4.22. The minimum Gasteiger partial charge on any atom is -0.308 e. The van der Waals surface area contributed by atoms with Crippen LogP contribution >= 0.6 is 0 Å². The summed E-state index contributed by atoms with van der Waals surface area (Å²) in [5, 5.41) is 4.22. The predicted octanol–water partition coefficient (Wildman–Crippen LogP) is 12.6. The van der Waals surface area contributed by atoms with E-state index in [0.29, 0.717) is 11.0 Å². The highest BCUT2D eigenvalue weighted by Gasteiger charge is 2.64. The van der Waals surface area contributed by atoms with Crippen LogP contribution in [0.15, 0.2) is 0 Å². The van der Waals surface area contributed by atoms with E-state index in [0.717, 1.165) is 112 Å². The molecule has 0 aromatic rings. The van der Waals surface area contributed by atoms with Crippen molar-refractivity contribution in [1.29, 1.82) is 0 Å². The molecular weight excluding hydrogens is 603 g/mol. The fourth-order valence-corrected chi connectivity index (χ4v) is 19.9. The lowest BCUT2D eigenvalue weighted by atomic mass is 9.51. The summed E-state index contributed by atoms with van der Waals surface area (Å²) >= 11 is 0. The van der Waals surface area contributed by atoms with Gasteiger partial charge in [0.2, 0.25) is 0 Å². The lowest BCUT2D eigenvalue weighted by molar-refractivity contribution is -0.0400. The molecule has 1 aliphatic heterocycles. The molecule has 0 radical (unpaired) electrons. The van der Waals surface area contributed by atoms with E-state index < -0.39 is 0 Å². The molecule has 1 heteroatoms. The average Bonchev–Trinajstić information content (AvgIpc) is 3.80. The van der Waals surface area contributed by atoms with E-state index in [4.69, 9.17) is 0 Å². The second-order valence-corrected chi connectivity index (χ2v) is 23.4. The number of hydrogen-bond acceptors (Lipinski definition) is 1. The minimum atomic E-state index is 0.543. The molecule has 0 aromatic carbocycles. The maximum Gasteiger partial charge on any atom is 0.0341 e. The van der Waals surface area contributed by atoms with Gasteiger partial charge < -0.3 is 5.32 Å². The Bertz CT molecular complexity index is 1230. The monoisotopic (exact) mass is 682 g/mol. The number of nitrogens with one attached hydrogen (secondary N) is 1. The van der Waals surface area contributed by atoms with Gasteiger partial charge in [-0.3, -0.25) is 0 Å². The summed E-state index contributed by atoms with van der Waals surface area (Å²) < 4.78 is 0. The molecular formula is C49H79N. The van der Waals surface area contributed by atoms with Crippen LogP contribution in [0.5, 0.6) is 0 Å². The lowest BCUT2D eigenvalue weighted by Crippen LogP contribution is -2.50. The van der Waals surface area contributed by atoms with Crippen LogP contribution in [-0.4, -0.2) is 12.1 Å². The summed E-state index contributed by atoms with van der Waals surface area (Å²) in [5.41, 5.74) is 1.12. The van der Waals surface area contributed by atoms with Gasteiger partial charge in [-0.2, -0.15) is 0 Å². The van der Waals surface area contributed by atoms with Crippen LogP contribution in [0.1, 0.15) is 175 Å². The standard InChI is InChI=1S/C49H79N/c1-29-23-44(49(28-50-49)27-43(29)37-21-22-42-36-12-7-6-11-35(36)40-13-8-14-41(37)47(40)42)34-18-20-39-38-19-17-33(25-45(38)48(2,3)46(39)26-34)32-16-15-30-9-4-5-10-31(30)24-32/h29-47,50H,4-28H2,1-3H3/t29?,30?,31?,32?,33?,34?,35?,36?,37?,38?,39?,40?,41?,42?,43?,44-,45?,46?,47?,49?/m1/s1. The molecule has 20 atom stereocenters. The van der Waals surface area contributed by atoms with Crippen LogP contribution in [0.25, 0.3) is 0 Å². The molecule has 0 bridgehead atoms. The quantitative estimate of drug-likeness (QED) is 0.294. The Morgan fingerprint density at radius 2 is 0.880 bits per heavy atom. The molecule has 1 saturated heterocycles. The molecule has 10 aliphatic carbocycles. The lowest BCUT2D eigenvalue weighted by Gasteiger charge is -2.54. The second kappa shape index (κ2) is 12.5. The highest BCUT2D eigenvalue weighted by atomic mass is 15.2. The first-order chi connectivity index (χ1) is 24.4. The van der Waals surface area contributed by atoms with Gasteiger partial charge in [0, 0.05) is 12.1 Å². The van der Waals surface area contributed by atoms with Crippen molar-refractivity contribution in [3.8, 4) is 0 Å². The van der Waals surface area contributed by atoms with Gasteiger partial charge in [0.1, 0.15) is 0 Å². The molecule has 11 fully saturated rings. The van der Waals surface area contributed by atoms with Crippen LogP contribution < -0.4 is 5.32 Å². The van der Waals surface area contributed by atoms with Crippen LogP contribution in [0, 0.1) is 118 Å². The molecule has 11 aliphatic rings. The molecule has 19 unspecified atom stereocenters. The molecule has 0 amide bonds. The molecule has 10 saturated carbocycles. The Labute approximate surface area is 309 Å². The number of fused-ring (bicyclic) bond motifs is 7. The van der Waals surface area contributed by atoms with Gasteiger partial charge in [0.15, 0.2) is 0 Å². The summed E-state index contributed by atoms with van der Waals surface area (Å²) in [5.74, 6) is 20.5. The summed E-state index contributed by atoms with van der Waals surface area (Å²) in [7, 11) is 0. The van der Waals surface area contributed by atoms with E-state index in [2.05, 4.69) is 26.1 Å². The first-order valence-corrected chi connectivity index (χ1v) is 24.1. The second-order valence-electron chi connectivity index (χ2n) is 23.4. The Balaban J connectivity index is 0.770. The van der Waals surface area contributed by atoms with Crippen molar-refractivity contribution in [3.05, 3.63) is 0 Å². The fourth-order valence-electron chi connectivity index (χ4n) is 19.9. The van der Waals surface area contributed by atoms with E-state index in [1.54, 1.807) is 148 Å². The highest BCUT2D eigenvalue weighted by Crippen LogP contribution is 2.69. The Morgan fingerprint density at radius 1 is 0.400 bits per heavy atom. The zero-order valence-electron chi connectivity index (χ0n) is 33.1. The highest BCUT2D eigenvalue weighted by molar-refractivity contribution is 5.17. The van der Waals surface area contributed by atoms with Crippen LogP contribution in [0.4, 0.5) is 0 Å². The van der Waals surface area contributed by atoms with Crippen molar-refractivity contribution in [2.45, 2.75) is 180 Å². The fraction of sp³-hybridized carbons (Fsp3) is 1.00. The molecule has 50 heavy (non-hydrogen) atoms. The molecule has 280 valence electrons. The zero-order valence-corrected chi connectivity index (χ0v) is 33.1. The van der Waals surface area contributed by atoms with Gasteiger partial charge in [-0.15, -0.1) is 0 Å². The van der Waals surface area contributed by atoms with Crippen LogP contribution in [0.3, 0.4) is 0 Å². The first-order valence-electron chi connectivity index (χ1n) is 24.1. The molecule has 1 nitrogen and oxygen atoms in total. The molecule has 1 spiro atoms. The van der Waals surface area contributed by atoms with E-state index in [1.807, 2.05) is 0 Å². The topological polar surface area (TPSA) is 21.9 Å². The summed E-state index contributed by atoms with van der Waals surface area (Å²) in [4.78, 5) is 0. The summed E-state index contributed by atoms with van der Waals surface area (Å²) in [6.45, 7) is 9.79. The third-order valence-electron chi connectivity index (χ3n) is 21.9. The third kappa shape index (κ3) is 5.10. The van der Waals surface area contributed by atoms with Gasteiger partial charge in [0.05, 0.1) is 0 Å².